The lowest BCUT2D eigenvalue weighted by atomic mass is 9.82. The third-order valence-electron chi connectivity index (χ3n) is 11.2. The number of rotatable bonds is 6. The second-order valence-electron chi connectivity index (χ2n) is 14.6. The number of nitrogens with zero attached hydrogens (tertiary/aromatic N) is 1. The van der Waals surface area contributed by atoms with E-state index in [-0.39, 0.29) is 40.8 Å². The number of fused-ring (bicyclic) bond motifs is 5. The van der Waals surface area contributed by atoms with Crippen molar-refractivity contribution in [2.24, 2.45) is 0 Å². The summed E-state index contributed by atoms with van der Waals surface area (Å²) in [6.45, 7) is 4.55. The van der Waals surface area contributed by atoms with Crippen LogP contribution < -0.4 is 4.90 Å². The van der Waals surface area contributed by atoms with E-state index >= 15 is 0 Å². The van der Waals surface area contributed by atoms with E-state index < -0.39 is 0 Å². The predicted octanol–water partition coefficient (Wildman–Crippen LogP) is 14.8. The van der Waals surface area contributed by atoms with Crippen molar-refractivity contribution >= 4 is 38.6 Å². The molecule has 0 aliphatic heterocycles. The van der Waals surface area contributed by atoms with Gasteiger partial charge in [-0.2, -0.15) is 0 Å². The minimum atomic E-state index is -0.200. The molecule has 0 heterocycles. The summed E-state index contributed by atoms with van der Waals surface area (Å²) < 4.78 is 38.6. The first kappa shape index (κ1) is 27.9. The molecule has 0 saturated carbocycles. The van der Waals surface area contributed by atoms with Crippen LogP contribution in [0.4, 0.5) is 17.1 Å². The Morgan fingerprint density at radius 2 is 0.889 bits per heavy atom. The van der Waals surface area contributed by atoms with Gasteiger partial charge >= 0.3 is 0 Å². The van der Waals surface area contributed by atoms with E-state index in [1.807, 2.05) is 77.7 Å². The van der Waals surface area contributed by atoms with Gasteiger partial charge in [-0.25, -0.2) is 0 Å². The van der Waals surface area contributed by atoms with Gasteiger partial charge in [0, 0.05) is 22.4 Å². The molecule has 10 rings (SSSR count). The van der Waals surface area contributed by atoms with Crippen LogP contribution in [-0.4, -0.2) is 0 Å². The van der Waals surface area contributed by atoms with Gasteiger partial charge < -0.3 is 4.90 Å². The van der Waals surface area contributed by atoms with Crippen molar-refractivity contribution in [1.29, 1.82) is 0 Å². The first-order valence-corrected chi connectivity index (χ1v) is 18.5. The molecule has 0 bridgehead atoms. The molecule has 1 aliphatic carbocycles. The lowest BCUT2D eigenvalue weighted by Gasteiger charge is -2.29. The SMILES string of the molecule is [2H]c1c([2H])c(N(c2ccc(-c3cccc4ccccc34)cc2)c2ccccc2-c2cccc3c2-c2ccccc2C3(C)C)c([2H])c([2H])c1-c1cccc2ccccc12. The molecule has 256 valence electrons. The number of benzene rings is 9. The van der Waals surface area contributed by atoms with Crippen LogP contribution in [0, 0.1) is 0 Å². The van der Waals surface area contributed by atoms with Gasteiger partial charge in [0.2, 0.25) is 0 Å². The molecular weight excluding hydrogens is 651 g/mol. The average molecular weight is 694 g/mol. The van der Waals surface area contributed by atoms with Gasteiger partial charge in [0.25, 0.3) is 0 Å². The molecule has 0 aromatic heterocycles. The standard InChI is InChI=1S/C53H39N/c1-53(2)49-25-9-7-21-48(49)52-47(24-13-26-50(52)53)46-20-8-10-27-51(46)54(40-32-28-38(29-33-40)44-22-11-16-36-14-3-5-18-42(36)44)41-34-30-39(31-35-41)45-23-12-17-37-15-4-6-19-43(37)45/h3-35H,1-2H3/i28D,29D,32D,33D. The number of hydrogen-bond acceptors (Lipinski definition) is 1. The lowest BCUT2D eigenvalue weighted by Crippen LogP contribution is -2.14. The molecule has 1 heteroatoms. The zero-order chi connectivity index (χ0) is 39.7. The minimum Gasteiger partial charge on any atom is -0.310 e. The second kappa shape index (κ2) is 12.8. The quantitative estimate of drug-likeness (QED) is 0.168. The maximum absolute atomic E-state index is 9.74. The van der Waals surface area contributed by atoms with E-state index in [2.05, 4.69) is 117 Å². The Morgan fingerprint density at radius 3 is 1.59 bits per heavy atom. The van der Waals surface area contributed by atoms with E-state index in [0.29, 0.717) is 5.56 Å². The van der Waals surface area contributed by atoms with Crippen LogP contribution in [0.25, 0.3) is 66.1 Å². The Kier molecular flexibility index (Phi) is 6.59. The van der Waals surface area contributed by atoms with Crippen LogP contribution in [0.3, 0.4) is 0 Å². The summed E-state index contributed by atoms with van der Waals surface area (Å²) in [4.78, 5) is 1.93. The molecule has 1 nitrogen and oxygen atoms in total. The summed E-state index contributed by atoms with van der Waals surface area (Å²) >= 11 is 0. The maximum Gasteiger partial charge on any atom is 0.0645 e. The van der Waals surface area contributed by atoms with Crippen molar-refractivity contribution in [1.82, 2.24) is 0 Å². The third-order valence-corrected chi connectivity index (χ3v) is 11.2. The van der Waals surface area contributed by atoms with E-state index in [0.717, 1.165) is 55.2 Å². The number of para-hydroxylation sites is 1. The molecule has 0 atom stereocenters. The summed E-state index contributed by atoms with van der Waals surface area (Å²) in [6, 6.07) is 59.5. The fourth-order valence-electron chi connectivity index (χ4n) is 8.53. The highest BCUT2D eigenvalue weighted by Gasteiger charge is 2.37. The van der Waals surface area contributed by atoms with Gasteiger partial charge in [-0.15, -0.1) is 0 Å². The van der Waals surface area contributed by atoms with E-state index in [9.17, 15) is 5.48 Å². The summed E-state index contributed by atoms with van der Waals surface area (Å²) in [5.74, 6) is 0. The minimum absolute atomic E-state index is 0.0847. The predicted molar refractivity (Wildman–Crippen MR) is 230 cm³/mol. The Hall–Kier alpha value is -6.70. The largest absolute Gasteiger partial charge is 0.310 e. The van der Waals surface area contributed by atoms with Crippen molar-refractivity contribution in [3.63, 3.8) is 0 Å². The van der Waals surface area contributed by atoms with Crippen LogP contribution in [-0.2, 0) is 5.41 Å². The third kappa shape index (κ3) is 5.16. The van der Waals surface area contributed by atoms with Gasteiger partial charge in [0.05, 0.1) is 11.2 Å². The normalized spacial score (nSPS) is 13.8. The monoisotopic (exact) mass is 693 g/mol. The first-order chi connectivity index (χ1) is 28.2. The van der Waals surface area contributed by atoms with Crippen molar-refractivity contribution in [3.05, 3.63) is 211 Å². The average Bonchev–Trinajstić information content (AvgIpc) is 3.50. The Labute approximate surface area is 323 Å². The molecule has 1 aliphatic rings. The van der Waals surface area contributed by atoms with Gasteiger partial charge in [0.1, 0.15) is 0 Å². The fraction of sp³-hybridized carbons (Fsp3) is 0.0566. The van der Waals surface area contributed by atoms with Gasteiger partial charge in [-0.3, -0.25) is 0 Å². The highest BCUT2D eigenvalue weighted by Crippen LogP contribution is 2.53. The Morgan fingerprint density at radius 1 is 0.389 bits per heavy atom. The molecule has 0 fully saturated rings. The number of hydrogen-bond donors (Lipinski definition) is 0. The molecule has 0 amide bonds. The van der Waals surface area contributed by atoms with Crippen molar-refractivity contribution in [3.8, 4) is 44.5 Å². The maximum atomic E-state index is 9.74. The smallest absolute Gasteiger partial charge is 0.0645 e. The number of anilines is 3. The van der Waals surface area contributed by atoms with Crippen molar-refractivity contribution < 1.29 is 5.48 Å². The molecule has 54 heavy (non-hydrogen) atoms. The van der Waals surface area contributed by atoms with Crippen LogP contribution in [0.15, 0.2) is 200 Å². The van der Waals surface area contributed by atoms with Crippen LogP contribution >= 0.6 is 0 Å². The summed E-state index contributed by atoms with van der Waals surface area (Å²) in [6.07, 6.45) is 0. The molecule has 0 unspecified atom stereocenters. The molecule has 9 aromatic rings. The Balaban J connectivity index is 1.22. The fourth-order valence-corrected chi connectivity index (χ4v) is 8.53. The van der Waals surface area contributed by atoms with Gasteiger partial charge in [0.15, 0.2) is 0 Å². The molecule has 9 aromatic carbocycles. The zero-order valence-electron chi connectivity index (χ0n) is 34.2. The topological polar surface area (TPSA) is 3.24 Å². The highest BCUT2D eigenvalue weighted by atomic mass is 15.1. The van der Waals surface area contributed by atoms with Crippen molar-refractivity contribution in [2.75, 3.05) is 4.90 Å². The van der Waals surface area contributed by atoms with Crippen LogP contribution in [0.5, 0.6) is 0 Å². The Bertz CT molecular complexity index is 3050. The molecule has 0 radical (unpaired) electrons. The summed E-state index contributed by atoms with van der Waals surface area (Å²) in [7, 11) is 0. The lowest BCUT2D eigenvalue weighted by molar-refractivity contribution is 0.660. The summed E-state index contributed by atoms with van der Waals surface area (Å²) in [5.41, 5.74) is 11.5. The first-order valence-electron chi connectivity index (χ1n) is 20.5. The van der Waals surface area contributed by atoms with Crippen molar-refractivity contribution in [2.45, 2.75) is 19.3 Å². The molecular formula is C53H39N. The molecule has 0 saturated heterocycles. The van der Waals surface area contributed by atoms with Crippen LogP contribution in [0.1, 0.15) is 30.5 Å². The molecule has 0 spiro atoms. The zero-order valence-corrected chi connectivity index (χ0v) is 30.2. The van der Waals surface area contributed by atoms with E-state index in [1.54, 1.807) is 0 Å². The molecule has 0 N–H and O–H groups in total. The highest BCUT2D eigenvalue weighted by molar-refractivity contribution is 6.00. The van der Waals surface area contributed by atoms with Gasteiger partial charge in [-0.1, -0.05) is 184 Å². The second-order valence-corrected chi connectivity index (χ2v) is 14.6. The van der Waals surface area contributed by atoms with Crippen LogP contribution in [0.2, 0.25) is 0 Å². The van der Waals surface area contributed by atoms with E-state index in [1.165, 1.54) is 22.3 Å². The summed E-state index contributed by atoms with van der Waals surface area (Å²) in [5, 5.41) is 4.17. The van der Waals surface area contributed by atoms with E-state index in [4.69, 9.17) is 0 Å². The van der Waals surface area contributed by atoms with Gasteiger partial charge in [-0.05, 0) is 102 Å².